The Morgan fingerprint density at radius 1 is 1.32 bits per heavy atom. The molecule has 5 nitrogen and oxygen atoms in total. The van der Waals surface area contributed by atoms with Gasteiger partial charge in [0.05, 0.1) is 19.3 Å². The van der Waals surface area contributed by atoms with Crippen molar-refractivity contribution in [2.75, 3.05) is 13.4 Å². The van der Waals surface area contributed by atoms with Crippen molar-refractivity contribution < 1.29 is 9.53 Å². The summed E-state index contributed by atoms with van der Waals surface area (Å²) in [6.07, 6.45) is 5.85. The number of methoxy groups -OCH3 is 1. The maximum absolute atomic E-state index is 12.3. The second-order valence-electron chi connectivity index (χ2n) is 4.70. The Labute approximate surface area is 133 Å². The maximum atomic E-state index is 12.3. The van der Waals surface area contributed by atoms with Crippen LogP contribution in [-0.4, -0.2) is 28.8 Å². The number of hydrogen-bond donors (Lipinski definition) is 0. The Balaban J connectivity index is 2.34. The quantitative estimate of drug-likeness (QED) is 0.605. The van der Waals surface area contributed by atoms with Gasteiger partial charge in [0.1, 0.15) is 12.0 Å². The molecule has 22 heavy (non-hydrogen) atoms. The molecule has 2 rings (SSSR count). The van der Waals surface area contributed by atoms with Gasteiger partial charge in [0.15, 0.2) is 0 Å². The van der Waals surface area contributed by atoms with E-state index >= 15 is 0 Å². The highest BCUT2D eigenvalue weighted by atomic mass is 32.2. The van der Waals surface area contributed by atoms with E-state index in [1.54, 1.807) is 29.5 Å². The van der Waals surface area contributed by atoms with Crippen LogP contribution in [-0.2, 0) is 18.4 Å². The molecule has 0 N–H and O–H groups in total. The van der Waals surface area contributed by atoms with E-state index in [0.717, 1.165) is 28.2 Å². The van der Waals surface area contributed by atoms with Gasteiger partial charge in [-0.3, -0.25) is 13.9 Å². The molecule has 0 spiro atoms. The first-order chi connectivity index (χ1) is 10.6. The van der Waals surface area contributed by atoms with Gasteiger partial charge in [-0.1, -0.05) is 12.1 Å². The van der Waals surface area contributed by atoms with Crippen molar-refractivity contribution in [1.29, 1.82) is 0 Å². The molecule has 0 amide bonds. The fourth-order valence-electron chi connectivity index (χ4n) is 2.17. The molecule has 2 aromatic rings. The molecule has 0 aliphatic heterocycles. The van der Waals surface area contributed by atoms with E-state index in [0.29, 0.717) is 6.54 Å². The minimum atomic E-state index is -0.114. The monoisotopic (exact) mass is 318 g/mol. The lowest BCUT2D eigenvalue weighted by atomic mass is 10.2. The second kappa shape index (κ2) is 7.17. The van der Waals surface area contributed by atoms with Gasteiger partial charge in [-0.25, -0.2) is 4.79 Å². The van der Waals surface area contributed by atoms with Gasteiger partial charge >= 0.3 is 5.69 Å². The number of carbonyl (C=O) groups is 1. The molecule has 0 radical (unpaired) electrons. The fraction of sp³-hybridized carbons (Fsp3) is 0.250. The molecule has 6 heteroatoms. The average molecular weight is 318 g/mol. The summed E-state index contributed by atoms with van der Waals surface area (Å²) in [6.45, 7) is 0.472. The van der Waals surface area contributed by atoms with Gasteiger partial charge < -0.3 is 4.74 Å². The molecular weight excluding hydrogens is 300 g/mol. The first-order valence-corrected chi connectivity index (χ1v) is 7.92. The Kier molecular flexibility index (Phi) is 5.27. The van der Waals surface area contributed by atoms with Crippen LogP contribution in [0.25, 0.3) is 4.91 Å². The normalized spacial score (nSPS) is 11.5. The van der Waals surface area contributed by atoms with Crippen molar-refractivity contribution in [3.8, 4) is 5.75 Å². The third-order valence-corrected chi connectivity index (χ3v) is 4.16. The molecule has 1 heterocycles. The number of imidazole rings is 1. The minimum Gasteiger partial charge on any atom is -0.497 e. The summed E-state index contributed by atoms with van der Waals surface area (Å²) in [5.74, 6) is 0.781. The lowest BCUT2D eigenvalue weighted by Gasteiger charge is -2.03. The van der Waals surface area contributed by atoms with E-state index in [1.165, 1.54) is 17.8 Å². The molecule has 0 fully saturated rings. The number of aldehydes is 1. The first kappa shape index (κ1) is 16.2. The highest BCUT2D eigenvalue weighted by molar-refractivity contribution is 8.07. The van der Waals surface area contributed by atoms with Gasteiger partial charge in [0, 0.05) is 18.1 Å². The third-order valence-electron chi connectivity index (χ3n) is 3.38. The number of aromatic nitrogens is 2. The first-order valence-electron chi connectivity index (χ1n) is 6.69. The zero-order valence-electron chi connectivity index (χ0n) is 12.8. The van der Waals surface area contributed by atoms with E-state index in [1.807, 2.05) is 30.5 Å². The lowest BCUT2D eigenvalue weighted by Crippen LogP contribution is -2.22. The predicted octanol–water partition coefficient (Wildman–Crippen LogP) is 2.15. The van der Waals surface area contributed by atoms with E-state index in [2.05, 4.69) is 0 Å². The molecule has 0 aliphatic rings. The standard InChI is InChI=1S/C16H18N2O3S/c1-17-14(15(22-3)8-9-19)11-18(16(17)20)10-12-4-6-13(21-2)7-5-12/h4-9,11H,10H2,1-3H3/b15-8-. The molecule has 0 atom stereocenters. The van der Waals surface area contributed by atoms with Crippen LogP contribution in [0.4, 0.5) is 0 Å². The zero-order valence-corrected chi connectivity index (χ0v) is 13.6. The molecule has 0 bridgehead atoms. The van der Waals surface area contributed by atoms with Crippen LogP contribution >= 0.6 is 11.8 Å². The third kappa shape index (κ3) is 3.33. The molecular formula is C16H18N2O3S. The van der Waals surface area contributed by atoms with E-state index in [-0.39, 0.29) is 5.69 Å². The summed E-state index contributed by atoms with van der Waals surface area (Å²) in [4.78, 5) is 23.8. The van der Waals surface area contributed by atoms with Crippen molar-refractivity contribution in [3.05, 3.63) is 58.3 Å². The summed E-state index contributed by atoms with van der Waals surface area (Å²) >= 11 is 1.44. The molecule has 1 aromatic carbocycles. The van der Waals surface area contributed by atoms with Crippen molar-refractivity contribution in [2.24, 2.45) is 7.05 Å². The van der Waals surface area contributed by atoms with Gasteiger partial charge in [-0.15, -0.1) is 11.8 Å². The van der Waals surface area contributed by atoms with Gasteiger partial charge in [-0.05, 0) is 30.0 Å². The molecule has 0 aliphatic carbocycles. The van der Waals surface area contributed by atoms with Crippen LogP contribution in [0.3, 0.4) is 0 Å². The summed E-state index contributed by atoms with van der Waals surface area (Å²) in [7, 11) is 3.32. The number of thioether (sulfide) groups is 1. The molecule has 1 aromatic heterocycles. The Bertz CT molecular complexity index is 742. The summed E-state index contributed by atoms with van der Waals surface area (Å²) in [5, 5.41) is 0. The Hall–Kier alpha value is -2.21. The molecule has 0 saturated heterocycles. The van der Waals surface area contributed by atoms with Crippen LogP contribution in [0, 0.1) is 0 Å². The largest absolute Gasteiger partial charge is 0.497 e. The summed E-state index contributed by atoms with van der Waals surface area (Å²) < 4.78 is 8.31. The highest BCUT2D eigenvalue weighted by Crippen LogP contribution is 2.23. The number of rotatable bonds is 6. The van der Waals surface area contributed by atoms with Gasteiger partial charge in [0.2, 0.25) is 0 Å². The van der Waals surface area contributed by atoms with Crippen LogP contribution in [0.5, 0.6) is 5.75 Å². The van der Waals surface area contributed by atoms with Crippen LogP contribution in [0.1, 0.15) is 11.3 Å². The topological polar surface area (TPSA) is 53.2 Å². The Morgan fingerprint density at radius 2 is 2.00 bits per heavy atom. The van der Waals surface area contributed by atoms with Crippen molar-refractivity contribution in [2.45, 2.75) is 6.54 Å². The number of hydrogen-bond acceptors (Lipinski definition) is 4. The SMILES string of the molecule is COc1ccc(Cn2cc(/C(=C/C=O)SC)n(C)c2=O)cc1. The van der Waals surface area contributed by atoms with Crippen molar-refractivity contribution in [1.82, 2.24) is 9.13 Å². The smallest absolute Gasteiger partial charge is 0.328 e. The number of carbonyl (C=O) groups excluding carboxylic acids is 1. The molecule has 0 unspecified atom stereocenters. The molecule has 116 valence electrons. The number of allylic oxidation sites excluding steroid dienone is 1. The average Bonchev–Trinajstić information content (AvgIpc) is 2.82. The number of nitrogens with zero attached hydrogens (tertiary/aromatic N) is 2. The van der Waals surface area contributed by atoms with E-state index in [9.17, 15) is 9.59 Å². The fourth-order valence-corrected chi connectivity index (χ4v) is 2.77. The van der Waals surface area contributed by atoms with Crippen LogP contribution in [0.15, 0.2) is 41.3 Å². The number of benzene rings is 1. The highest BCUT2D eigenvalue weighted by Gasteiger charge is 2.12. The van der Waals surface area contributed by atoms with Crippen LogP contribution < -0.4 is 10.4 Å². The molecule has 0 saturated carbocycles. The van der Waals surface area contributed by atoms with E-state index in [4.69, 9.17) is 4.74 Å². The lowest BCUT2D eigenvalue weighted by molar-refractivity contribution is -0.104. The second-order valence-corrected chi connectivity index (χ2v) is 5.55. The van der Waals surface area contributed by atoms with Crippen LogP contribution in [0.2, 0.25) is 0 Å². The predicted molar refractivity (Wildman–Crippen MR) is 89.3 cm³/mol. The Morgan fingerprint density at radius 3 is 2.55 bits per heavy atom. The zero-order chi connectivity index (χ0) is 16.1. The van der Waals surface area contributed by atoms with Crippen molar-refractivity contribution >= 4 is 23.0 Å². The van der Waals surface area contributed by atoms with Crippen molar-refractivity contribution in [3.63, 3.8) is 0 Å². The van der Waals surface area contributed by atoms with E-state index < -0.39 is 0 Å². The number of ether oxygens (including phenoxy) is 1. The minimum absolute atomic E-state index is 0.114. The van der Waals surface area contributed by atoms with Gasteiger partial charge in [-0.2, -0.15) is 0 Å². The van der Waals surface area contributed by atoms with Gasteiger partial charge in [0.25, 0.3) is 0 Å². The maximum Gasteiger partial charge on any atom is 0.328 e. The summed E-state index contributed by atoms with van der Waals surface area (Å²) in [5.41, 5.74) is 1.62. The summed E-state index contributed by atoms with van der Waals surface area (Å²) in [6, 6.07) is 7.58.